The second-order valence-corrected chi connectivity index (χ2v) is 4.53. The fourth-order valence-electron chi connectivity index (χ4n) is 0.979. The van der Waals surface area contributed by atoms with Crippen molar-refractivity contribution in [3.05, 3.63) is 0 Å². The van der Waals surface area contributed by atoms with E-state index in [1.165, 1.54) is 0 Å². The molecule has 0 fully saturated rings. The van der Waals surface area contributed by atoms with Crippen molar-refractivity contribution in [3.63, 3.8) is 0 Å². The van der Waals surface area contributed by atoms with Gasteiger partial charge in [-0.1, -0.05) is 0 Å². The minimum Gasteiger partial charge on any atom is -0.383 e. The van der Waals surface area contributed by atoms with E-state index < -0.39 is 0 Å². The first-order valence-electron chi connectivity index (χ1n) is 4.92. The van der Waals surface area contributed by atoms with Gasteiger partial charge in [0.1, 0.15) is 0 Å². The Labute approximate surface area is 92.1 Å². The highest BCUT2D eigenvalue weighted by Crippen LogP contribution is 2.05. The Hall–Kier alpha value is 0.170. The van der Waals surface area contributed by atoms with Crippen molar-refractivity contribution < 1.29 is 9.47 Å². The van der Waals surface area contributed by atoms with Gasteiger partial charge in [-0.05, 0) is 20.8 Å². The van der Waals surface area contributed by atoms with Gasteiger partial charge in [0, 0.05) is 25.6 Å². The van der Waals surface area contributed by atoms with Crippen LogP contribution in [0.3, 0.4) is 0 Å². The van der Waals surface area contributed by atoms with Crippen molar-refractivity contribution in [2.45, 2.75) is 32.4 Å². The molecule has 0 amide bonds. The van der Waals surface area contributed by atoms with Gasteiger partial charge in [0.25, 0.3) is 0 Å². The van der Waals surface area contributed by atoms with E-state index in [4.69, 9.17) is 21.1 Å². The van der Waals surface area contributed by atoms with Crippen LogP contribution in [-0.2, 0) is 9.47 Å². The van der Waals surface area contributed by atoms with Crippen molar-refractivity contribution in [1.29, 1.82) is 0 Å². The van der Waals surface area contributed by atoms with Crippen LogP contribution in [0.2, 0.25) is 0 Å². The average molecular weight is 224 g/mol. The Morgan fingerprint density at radius 2 is 2.00 bits per heavy atom. The van der Waals surface area contributed by atoms with Gasteiger partial charge >= 0.3 is 0 Å². The maximum atomic E-state index is 5.73. The highest BCUT2D eigenvalue weighted by atomic mass is 35.5. The highest BCUT2D eigenvalue weighted by molar-refractivity contribution is 6.18. The zero-order chi connectivity index (χ0) is 11.0. The molecule has 0 aromatic rings. The molecule has 0 radical (unpaired) electrons. The number of methoxy groups -OCH3 is 1. The minimum atomic E-state index is -0.0700. The van der Waals surface area contributed by atoms with Crippen molar-refractivity contribution in [2.75, 3.05) is 32.7 Å². The SMILES string of the molecule is COCC(CCl)NCCOC(C)(C)C. The van der Waals surface area contributed by atoms with Gasteiger partial charge in [-0.15, -0.1) is 11.6 Å². The minimum absolute atomic E-state index is 0.0700. The lowest BCUT2D eigenvalue weighted by atomic mass is 10.2. The Bertz CT molecular complexity index is 137. The summed E-state index contributed by atoms with van der Waals surface area (Å²) in [5, 5.41) is 3.26. The van der Waals surface area contributed by atoms with E-state index in [-0.39, 0.29) is 11.6 Å². The Kier molecular flexibility index (Phi) is 7.55. The predicted octanol–water partition coefficient (Wildman–Crippen LogP) is 1.64. The lowest BCUT2D eigenvalue weighted by Gasteiger charge is -2.21. The quantitative estimate of drug-likeness (QED) is 0.526. The van der Waals surface area contributed by atoms with E-state index in [0.717, 1.165) is 6.54 Å². The average Bonchev–Trinajstić information content (AvgIpc) is 2.08. The third kappa shape index (κ3) is 8.75. The van der Waals surface area contributed by atoms with E-state index in [1.807, 2.05) is 20.8 Å². The maximum absolute atomic E-state index is 5.73. The fourth-order valence-corrected chi connectivity index (χ4v) is 1.18. The van der Waals surface area contributed by atoms with Gasteiger partial charge in [-0.2, -0.15) is 0 Å². The standard InChI is InChI=1S/C10H22ClNO2/c1-10(2,3)14-6-5-12-9(7-11)8-13-4/h9,12H,5-8H2,1-4H3. The van der Waals surface area contributed by atoms with Crippen LogP contribution < -0.4 is 5.32 Å². The van der Waals surface area contributed by atoms with Gasteiger partial charge in [0.15, 0.2) is 0 Å². The van der Waals surface area contributed by atoms with Gasteiger partial charge in [-0.25, -0.2) is 0 Å². The summed E-state index contributed by atoms with van der Waals surface area (Å²) in [7, 11) is 1.67. The summed E-state index contributed by atoms with van der Waals surface area (Å²) in [6.07, 6.45) is 0. The normalized spacial score (nSPS) is 14.4. The molecule has 0 aliphatic rings. The van der Waals surface area contributed by atoms with Crippen LogP contribution in [0, 0.1) is 0 Å². The van der Waals surface area contributed by atoms with Gasteiger partial charge in [0.2, 0.25) is 0 Å². The number of nitrogens with one attached hydrogen (secondary N) is 1. The summed E-state index contributed by atoms with van der Waals surface area (Å²) in [6.45, 7) is 8.27. The molecule has 0 heterocycles. The Balaban J connectivity index is 3.42. The number of halogens is 1. The molecule has 0 rings (SSSR count). The van der Waals surface area contributed by atoms with E-state index in [2.05, 4.69) is 5.32 Å². The van der Waals surface area contributed by atoms with Crippen molar-refractivity contribution in [3.8, 4) is 0 Å². The van der Waals surface area contributed by atoms with Crippen molar-refractivity contribution >= 4 is 11.6 Å². The van der Waals surface area contributed by atoms with Crippen molar-refractivity contribution in [2.24, 2.45) is 0 Å². The summed E-state index contributed by atoms with van der Waals surface area (Å²) in [4.78, 5) is 0. The van der Waals surface area contributed by atoms with Crippen LogP contribution in [0.1, 0.15) is 20.8 Å². The molecule has 0 bridgehead atoms. The molecule has 0 aliphatic heterocycles. The van der Waals surface area contributed by atoms with Crippen LogP contribution in [0.5, 0.6) is 0 Å². The molecule has 4 heteroatoms. The molecule has 3 nitrogen and oxygen atoms in total. The van der Waals surface area contributed by atoms with Gasteiger partial charge in [0.05, 0.1) is 18.8 Å². The molecule has 1 N–H and O–H groups in total. The van der Waals surface area contributed by atoms with Crippen molar-refractivity contribution in [1.82, 2.24) is 5.32 Å². The Morgan fingerprint density at radius 1 is 1.36 bits per heavy atom. The molecule has 0 saturated heterocycles. The molecular weight excluding hydrogens is 202 g/mol. The zero-order valence-corrected chi connectivity index (χ0v) is 10.4. The second-order valence-electron chi connectivity index (χ2n) is 4.22. The van der Waals surface area contributed by atoms with E-state index >= 15 is 0 Å². The zero-order valence-electron chi connectivity index (χ0n) is 9.60. The largest absolute Gasteiger partial charge is 0.383 e. The maximum Gasteiger partial charge on any atom is 0.0627 e. The third-order valence-electron chi connectivity index (χ3n) is 1.62. The molecule has 1 unspecified atom stereocenters. The van der Waals surface area contributed by atoms with Crippen LogP contribution in [0.15, 0.2) is 0 Å². The number of hydrogen-bond acceptors (Lipinski definition) is 3. The third-order valence-corrected chi connectivity index (χ3v) is 2.00. The fraction of sp³-hybridized carbons (Fsp3) is 1.00. The lowest BCUT2D eigenvalue weighted by Crippen LogP contribution is -2.38. The van der Waals surface area contributed by atoms with E-state index in [0.29, 0.717) is 19.1 Å². The first kappa shape index (κ1) is 14.2. The monoisotopic (exact) mass is 223 g/mol. The van der Waals surface area contributed by atoms with Crippen LogP contribution in [0.25, 0.3) is 0 Å². The first-order valence-corrected chi connectivity index (χ1v) is 5.45. The molecule has 0 aromatic carbocycles. The number of alkyl halides is 1. The molecule has 0 saturated carbocycles. The number of rotatable bonds is 7. The molecule has 14 heavy (non-hydrogen) atoms. The summed E-state index contributed by atoms with van der Waals surface area (Å²) in [6, 6.07) is 0.213. The second kappa shape index (κ2) is 7.46. The number of hydrogen-bond donors (Lipinski definition) is 1. The molecule has 1 atom stereocenters. The molecule has 0 spiro atoms. The van der Waals surface area contributed by atoms with Gasteiger partial charge < -0.3 is 14.8 Å². The Morgan fingerprint density at radius 3 is 2.43 bits per heavy atom. The molecule has 0 aliphatic carbocycles. The lowest BCUT2D eigenvalue weighted by molar-refractivity contribution is -0.00217. The van der Waals surface area contributed by atoms with Crippen LogP contribution in [-0.4, -0.2) is 44.4 Å². The number of ether oxygens (including phenoxy) is 2. The van der Waals surface area contributed by atoms with E-state index in [1.54, 1.807) is 7.11 Å². The van der Waals surface area contributed by atoms with Gasteiger partial charge in [-0.3, -0.25) is 0 Å². The topological polar surface area (TPSA) is 30.5 Å². The summed E-state index contributed by atoms with van der Waals surface area (Å²) < 4.78 is 10.6. The summed E-state index contributed by atoms with van der Waals surface area (Å²) >= 11 is 5.73. The predicted molar refractivity (Wildman–Crippen MR) is 60.1 cm³/mol. The van der Waals surface area contributed by atoms with E-state index in [9.17, 15) is 0 Å². The summed E-state index contributed by atoms with van der Waals surface area (Å²) in [5.74, 6) is 0.559. The van der Waals surface area contributed by atoms with Crippen LogP contribution >= 0.6 is 11.6 Å². The molecule has 0 aromatic heterocycles. The first-order chi connectivity index (χ1) is 6.49. The highest BCUT2D eigenvalue weighted by Gasteiger charge is 2.10. The molecule has 86 valence electrons. The summed E-state index contributed by atoms with van der Waals surface area (Å²) in [5.41, 5.74) is -0.0700. The molecular formula is C10H22ClNO2. The van der Waals surface area contributed by atoms with Crippen LogP contribution in [0.4, 0.5) is 0 Å². The smallest absolute Gasteiger partial charge is 0.0627 e.